The number of aryl methyl sites for hydroxylation is 4. The highest BCUT2D eigenvalue weighted by molar-refractivity contribution is 6.09. The van der Waals surface area contributed by atoms with Gasteiger partial charge in [-0.05, 0) is 121 Å². The molecule has 1 aliphatic heterocycles. The molecule has 1 unspecified atom stereocenters. The van der Waals surface area contributed by atoms with Gasteiger partial charge < -0.3 is 63.5 Å². The van der Waals surface area contributed by atoms with Crippen LogP contribution in [0.2, 0.25) is 0 Å². The van der Waals surface area contributed by atoms with Crippen molar-refractivity contribution < 1.29 is 55.1 Å². The molecular formula is C102H149FN22O10. The Hall–Kier alpha value is -12.5. The molecule has 0 radical (unpaired) electrons. The predicted molar refractivity (Wildman–Crippen MR) is 542 cm³/mol. The van der Waals surface area contributed by atoms with Gasteiger partial charge in [-0.25, -0.2) is 49.7 Å². The molecule has 8 aromatic heterocycles. The number of nitrogen functional groups attached to an aromatic ring is 4. The number of hydrogen-bond acceptors (Lipinski definition) is 26. The number of para-hydroxylation sites is 4. The summed E-state index contributed by atoms with van der Waals surface area (Å²) >= 11 is 0. The quantitative estimate of drug-likeness (QED) is 0.00562. The molecule has 0 amide bonds. The molecule has 0 spiro atoms. The summed E-state index contributed by atoms with van der Waals surface area (Å²) in [6.45, 7) is 16.4. The number of alkyl halides is 1. The van der Waals surface area contributed by atoms with Gasteiger partial charge in [0.2, 0.25) is 0 Å². The van der Waals surface area contributed by atoms with E-state index in [0.717, 1.165) is 242 Å². The van der Waals surface area contributed by atoms with Crippen molar-refractivity contribution >= 4 is 140 Å². The number of rotatable bonds is 55. The number of carbonyl (C=O) groups is 2. The molecule has 135 heavy (non-hydrogen) atoms. The van der Waals surface area contributed by atoms with Crippen molar-refractivity contribution in [2.24, 2.45) is 21.0 Å². The molecule has 12 aromatic rings. The maximum Gasteiger partial charge on any atom is 0.303 e. The van der Waals surface area contributed by atoms with E-state index in [2.05, 4.69) is 82.5 Å². The largest absolute Gasteiger partial charge is 0.481 e. The van der Waals surface area contributed by atoms with Gasteiger partial charge in [-0.1, -0.05) is 247 Å². The standard InChI is InChI=1S/C37H60N6O2.C23H31N5O3.C19H26N6O2.C19H23N5O.C3H6O2.CH3F/c1-3-5-7-8-9-10-11-12-13-14-15-16-17-18-19-28-34-40-32(42-45-34)26-22-23-29-44-43-33(27-6-4-2)41-35-36(43)30-24-20-21-25-31(30)39-37(35)38;1-3-5-13-20-26-21-22(18-11-6-7-12-19(18)25-23(21)24)28(20)31-14-9-8-10-16(27-30)15-17(29)4-2;1-2-3-11-16-23-17-18(13-8-4-5-9-14(13)22-19(17)21)25(16)27-12-7-6-10-15(20)24-26;1-2-3-11-16-23-17-18(24(16)25-13-8-4-7-12-20)14-9-5-6-10-15(14)22-19(17)21;1-2-3(4)5;1-2/h20-21,24-25,34H,3-19,22-23,26-29H2,1-2H3,(H2,38,39)(H,40,42);6-7,11-12,30H,3-5,8-10,13-15H2,1-2H3,(H2,24,25);4-5,8-9,26H,2-3,6-7,10-12H2,1H3,(H2,20,24)(H2,21,22);5-6,9-10H,2-4,7-8,11,13H2,1H3,(H2,21,22);2H2,1H3,(H,4,5);1H3/b;27-16-;;;;/i;;;;;1D. The number of amidine groups is 2. The first-order valence-electron chi connectivity index (χ1n) is 50.0. The summed E-state index contributed by atoms with van der Waals surface area (Å²) in [5, 5.41) is 44.3. The monoisotopic (exact) mass is 1860 g/mol. The zero-order chi connectivity index (χ0) is 97.6. The molecule has 0 saturated heterocycles. The molecule has 1 atom stereocenters. The number of pyridine rings is 4. The van der Waals surface area contributed by atoms with E-state index in [4.69, 9.17) is 99.9 Å². The number of benzene rings is 4. The van der Waals surface area contributed by atoms with Gasteiger partial charge in [-0.15, -0.1) is 0 Å². The molecule has 734 valence electrons. The third-order valence-electron chi connectivity index (χ3n) is 23.3. The van der Waals surface area contributed by atoms with Crippen LogP contribution in [-0.2, 0) is 40.1 Å². The van der Waals surface area contributed by atoms with Crippen molar-refractivity contribution in [1.29, 1.82) is 5.26 Å². The number of ketones is 1. The third kappa shape index (κ3) is 33.2. The number of carbonyl (C=O) groups excluding carboxylic acids is 1. The highest BCUT2D eigenvalue weighted by Crippen LogP contribution is 2.34. The van der Waals surface area contributed by atoms with E-state index < -0.39 is 13.1 Å². The number of unbranched alkanes of at least 4 members (excludes halogenated alkanes) is 23. The van der Waals surface area contributed by atoms with E-state index >= 15 is 0 Å². The Labute approximate surface area is 795 Å². The lowest BCUT2D eigenvalue weighted by atomic mass is 10.0. The number of nitriles is 1. The lowest BCUT2D eigenvalue weighted by Crippen LogP contribution is -2.19. The smallest absolute Gasteiger partial charge is 0.303 e. The number of hydrogen-bond donors (Lipinski definition) is 9. The molecule has 0 aliphatic carbocycles. The van der Waals surface area contributed by atoms with Gasteiger partial charge >= 0.3 is 5.97 Å². The molecule has 4 aromatic carbocycles. The van der Waals surface area contributed by atoms with E-state index in [9.17, 15) is 14.0 Å². The molecule has 14 N–H and O–H groups in total. The van der Waals surface area contributed by atoms with Crippen LogP contribution >= 0.6 is 0 Å². The summed E-state index contributed by atoms with van der Waals surface area (Å²) in [5.41, 5.74) is 43.5. The molecule has 33 heteroatoms. The highest BCUT2D eigenvalue weighted by atomic mass is 19.1. The maximum absolute atomic E-state index is 11.6. The second-order valence-electron chi connectivity index (χ2n) is 33.9. The van der Waals surface area contributed by atoms with Gasteiger partial charge in [-0.2, -0.15) is 24.2 Å². The van der Waals surface area contributed by atoms with Crippen LogP contribution in [0.5, 0.6) is 0 Å². The van der Waals surface area contributed by atoms with Crippen molar-refractivity contribution in [3.05, 3.63) is 120 Å². The number of Topliss-reactive ketones (excluding diaryl/α,β-unsaturated/α-hetero) is 1. The van der Waals surface area contributed by atoms with E-state index in [-0.39, 0.29) is 30.7 Å². The number of carboxylic acids is 1. The number of nitrogens with one attached hydrogen (secondary N) is 1. The van der Waals surface area contributed by atoms with Crippen LogP contribution in [0.3, 0.4) is 0 Å². The van der Waals surface area contributed by atoms with Gasteiger partial charge in [0.05, 0.1) is 42.4 Å². The first-order valence-corrected chi connectivity index (χ1v) is 49.2. The molecule has 9 heterocycles. The topological polar surface area (TPSA) is 467 Å². The average Bonchev–Trinajstić information content (AvgIpc) is 1.66. The average molecular weight is 1860 g/mol. The zero-order valence-corrected chi connectivity index (χ0v) is 80.9. The summed E-state index contributed by atoms with van der Waals surface area (Å²) in [5.74, 6) is 5.70. The minimum Gasteiger partial charge on any atom is -0.481 e. The van der Waals surface area contributed by atoms with Gasteiger partial charge in [0.25, 0.3) is 0 Å². The van der Waals surface area contributed by atoms with Gasteiger partial charge in [-0.3, -0.25) is 19.5 Å². The molecule has 0 saturated carbocycles. The number of aromatic nitrogens is 12. The number of carboxylic acid groups (broad SMARTS) is 1. The minimum absolute atomic E-state index is 0.0380. The Morgan fingerprint density at radius 1 is 0.444 bits per heavy atom. The fourth-order valence-electron chi connectivity index (χ4n) is 15.8. The predicted octanol–water partition coefficient (Wildman–Crippen LogP) is 21.5. The first kappa shape index (κ1) is 106. The van der Waals surface area contributed by atoms with Crippen molar-refractivity contribution in [1.82, 2.24) is 64.3 Å². The zero-order valence-electron chi connectivity index (χ0n) is 81.9. The summed E-state index contributed by atoms with van der Waals surface area (Å²) in [6.07, 6.45) is 43.4. The number of imidazole rings is 4. The summed E-state index contributed by atoms with van der Waals surface area (Å²) in [7, 11) is -1.00. The first-order chi connectivity index (χ1) is 66.4. The molecule has 32 nitrogen and oxygen atoms in total. The molecule has 1 aliphatic rings. The number of anilines is 4. The van der Waals surface area contributed by atoms with Crippen molar-refractivity contribution in [2.45, 2.75) is 331 Å². The number of fused-ring (bicyclic) bond motifs is 12. The number of aliphatic imine (C=N–C) groups is 1. The van der Waals surface area contributed by atoms with Crippen LogP contribution in [-0.4, -0.2) is 143 Å². The SMILES string of the molecule is CCC(=O)O.CCCCCCCCCCCCCCCCCC1N=C(CCCCOn2c(CCCC)nc3c(N)nc4ccccc4c32)NO1.CCCCc1nc2c(N)nc3ccccc3c2n1OCCCC/C(CC(=O)CC)=N/O.CCCCc1nc2c(N)nc3ccccc3c2n1OCCCC/C(N)=N/O.CCCCc1nc2c(N)nc3ccccc3c2n1OCCCCC#N.[2H]CF. The van der Waals surface area contributed by atoms with Gasteiger partial charge in [0, 0.05) is 85.8 Å². The lowest BCUT2D eigenvalue weighted by molar-refractivity contribution is -0.136. The Bertz CT molecular complexity index is 5750. The third-order valence-corrected chi connectivity index (χ3v) is 23.3. The number of hydroxylamine groups is 1. The Kier molecular flexibility index (Phi) is 47.8. The molecular weight excluding hydrogens is 1710 g/mol. The van der Waals surface area contributed by atoms with E-state index in [1.54, 1.807) is 6.92 Å². The normalized spacial score (nSPS) is 12.6. The van der Waals surface area contributed by atoms with Crippen LogP contribution in [0.4, 0.5) is 27.7 Å². The Balaban J connectivity index is 0.000000222. The van der Waals surface area contributed by atoms with Gasteiger partial charge in [0.1, 0.15) is 111 Å². The molecule has 0 fully saturated rings. The van der Waals surface area contributed by atoms with Gasteiger partial charge in [0.15, 0.2) is 29.5 Å². The summed E-state index contributed by atoms with van der Waals surface area (Å²) < 4.78 is 22.9. The second kappa shape index (κ2) is 60.7. The Morgan fingerprint density at radius 3 is 1.08 bits per heavy atom. The number of nitrogens with two attached hydrogens (primary N) is 5. The molecule has 0 bridgehead atoms. The van der Waals surface area contributed by atoms with Crippen LogP contribution in [0.1, 0.15) is 324 Å². The fourth-order valence-corrected chi connectivity index (χ4v) is 15.8. The van der Waals surface area contributed by atoms with E-state index in [0.29, 0.717) is 97.6 Å². The van der Waals surface area contributed by atoms with Crippen LogP contribution in [0.25, 0.3) is 87.7 Å². The minimum atomic E-state index is -1.00. The van der Waals surface area contributed by atoms with Crippen LogP contribution in [0, 0.1) is 11.3 Å². The Morgan fingerprint density at radius 2 is 0.763 bits per heavy atom. The fraction of sp³-hybridized carbons (Fsp3) is 0.549. The number of oxime groups is 2. The van der Waals surface area contributed by atoms with Crippen molar-refractivity contribution in [3.8, 4) is 6.07 Å². The van der Waals surface area contributed by atoms with E-state index in [1.165, 1.54) is 96.3 Å². The summed E-state index contributed by atoms with van der Waals surface area (Å²) in [4.78, 5) is 93.1. The maximum atomic E-state index is 11.6. The van der Waals surface area contributed by atoms with Crippen molar-refractivity contribution in [3.63, 3.8) is 0 Å². The molecule has 13 rings (SSSR count). The van der Waals surface area contributed by atoms with E-state index in [1.807, 2.05) is 117 Å². The second-order valence-corrected chi connectivity index (χ2v) is 33.9. The lowest BCUT2D eigenvalue weighted by Gasteiger charge is -2.12. The summed E-state index contributed by atoms with van der Waals surface area (Å²) in [6, 6.07) is 33.8. The van der Waals surface area contributed by atoms with Crippen LogP contribution in [0.15, 0.2) is 112 Å². The number of nitrogens with zero attached hydrogens (tertiary/aromatic N) is 16. The van der Waals surface area contributed by atoms with Crippen molar-refractivity contribution in [2.75, 3.05) is 56.5 Å². The number of halogens is 1. The highest BCUT2D eigenvalue weighted by Gasteiger charge is 2.25. The number of aliphatic carboxylic acids is 1. The van der Waals surface area contributed by atoms with Crippen LogP contribution < -0.4 is 53.5 Å².